The number of fused-ring (bicyclic) bond motifs is 2. The molecule has 0 N–H and O–H groups in total. The number of hydrogen-bond acceptors (Lipinski definition) is 3. The van der Waals surface area contributed by atoms with Crippen molar-refractivity contribution in [2.24, 2.45) is 0 Å². The van der Waals surface area contributed by atoms with Crippen LogP contribution in [0, 0.1) is 5.82 Å². The molecule has 4 nitrogen and oxygen atoms in total. The van der Waals surface area contributed by atoms with Crippen LogP contribution in [0.15, 0.2) is 24.3 Å². The Morgan fingerprint density at radius 3 is 2.62 bits per heavy atom. The molecule has 3 rings (SSSR count). The van der Waals surface area contributed by atoms with Crippen molar-refractivity contribution >= 4 is 11.7 Å². The van der Waals surface area contributed by atoms with E-state index in [9.17, 15) is 9.18 Å². The molecule has 0 spiro atoms. The maximum atomic E-state index is 14.0. The van der Waals surface area contributed by atoms with Crippen molar-refractivity contribution < 1.29 is 18.7 Å². The average molecular weight is 333 g/mol. The number of benzene rings is 1. The Morgan fingerprint density at radius 1 is 1.29 bits per heavy atom. The van der Waals surface area contributed by atoms with Gasteiger partial charge in [-0.2, -0.15) is 0 Å². The standard InChI is InChI=1S/C19H24FNO3/c1-19(2,3)24-18(22)21-14-6-7-15(21)10-13(9-14)12-5-8-17(23-4)16(20)11-12/h5,8-9,11,14-15H,6-7,10H2,1-4H3. The van der Waals surface area contributed by atoms with Crippen molar-refractivity contribution in [2.75, 3.05) is 7.11 Å². The molecule has 0 aliphatic carbocycles. The van der Waals surface area contributed by atoms with E-state index in [1.165, 1.54) is 13.2 Å². The molecule has 2 bridgehead atoms. The van der Waals surface area contributed by atoms with E-state index in [1.54, 1.807) is 6.07 Å². The summed E-state index contributed by atoms with van der Waals surface area (Å²) >= 11 is 0. The maximum Gasteiger partial charge on any atom is 0.411 e. The Bertz CT molecular complexity index is 678. The molecule has 1 saturated heterocycles. The van der Waals surface area contributed by atoms with Crippen molar-refractivity contribution in [2.45, 2.75) is 57.7 Å². The topological polar surface area (TPSA) is 38.8 Å². The molecule has 2 aliphatic heterocycles. The quantitative estimate of drug-likeness (QED) is 0.806. The fourth-order valence-electron chi connectivity index (χ4n) is 3.51. The highest BCUT2D eigenvalue weighted by Crippen LogP contribution is 2.39. The highest BCUT2D eigenvalue weighted by molar-refractivity contribution is 5.75. The lowest BCUT2D eigenvalue weighted by Crippen LogP contribution is -2.45. The molecule has 2 atom stereocenters. The van der Waals surface area contributed by atoms with Gasteiger partial charge in [0.1, 0.15) is 5.60 Å². The molecule has 1 amide bonds. The van der Waals surface area contributed by atoms with Crippen LogP contribution in [-0.2, 0) is 4.74 Å². The number of methoxy groups -OCH3 is 1. The number of hydrogen-bond donors (Lipinski definition) is 0. The second-order valence-corrected chi connectivity index (χ2v) is 7.43. The normalized spacial score (nSPS) is 23.0. The maximum absolute atomic E-state index is 14.0. The van der Waals surface area contributed by atoms with Crippen molar-refractivity contribution in [3.63, 3.8) is 0 Å². The molecule has 0 saturated carbocycles. The summed E-state index contributed by atoms with van der Waals surface area (Å²) in [6.45, 7) is 5.62. The van der Waals surface area contributed by atoms with Crippen LogP contribution >= 0.6 is 0 Å². The third-order valence-electron chi connectivity index (χ3n) is 4.52. The van der Waals surface area contributed by atoms with Gasteiger partial charge in [0, 0.05) is 6.04 Å². The van der Waals surface area contributed by atoms with E-state index in [4.69, 9.17) is 9.47 Å². The Labute approximate surface area is 142 Å². The van der Waals surface area contributed by atoms with Gasteiger partial charge in [0.25, 0.3) is 0 Å². The van der Waals surface area contributed by atoms with E-state index in [-0.39, 0.29) is 29.7 Å². The van der Waals surface area contributed by atoms with Crippen LogP contribution in [0.2, 0.25) is 0 Å². The molecule has 0 radical (unpaired) electrons. The van der Waals surface area contributed by atoms with Gasteiger partial charge >= 0.3 is 6.09 Å². The summed E-state index contributed by atoms with van der Waals surface area (Å²) in [5.74, 6) is -0.119. The third kappa shape index (κ3) is 3.25. The van der Waals surface area contributed by atoms with Crippen molar-refractivity contribution in [3.8, 4) is 5.75 Å². The minimum absolute atomic E-state index is 0.0266. The number of carbonyl (C=O) groups is 1. The number of nitrogens with zero attached hydrogens (tertiary/aromatic N) is 1. The van der Waals surface area contributed by atoms with E-state index >= 15 is 0 Å². The molecule has 1 aromatic carbocycles. The van der Waals surface area contributed by atoms with E-state index in [1.807, 2.05) is 31.7 Å². The van der Waals surface area contributed by atoms with E-state index < -0.39 is 5.60 Å². The lowest BCUT2D eigenvalue weighted by atomic mass is 9.95. The number of rotatable bonds is 2. The highest BCUT2D eigenvalue weighted by atomic mass is 19.1. The van der Waals surface area contributed by atoms with Crippen LogP contribution < -0.4 is 4.74 Å². The lowest BCUT2D eigenvalue weighted by molar-refractivity contribution is 0.0175. The van der Waals surface area contributed by atoms with E-state index in [0.29, 0.717) is 0 Å². The van der Waals surface area contributed by atoms with Gasteiger partial charge in [-0.25, -0.2) is 9.18 Å². The van der Waals surface area contributed by atoms with Gasteiger partial charge in [0.2, 0.25) is 0 Å². The molecule has 1 aromatic rings. The summed E-state index contributed by atoms with van der Waals surface area (Å²) in [6.07, 6.45) is 4.41. The monoisotopic (exact) mass is 333 g/mol. The van der Waals surface area contributed by atoms with Gasteiger partial charge in [-0.1, -0.05) is 12.1 Å². The summed E-state index contributed by atoms with van der Waals surface area (Å²) in [5, 5.41) is 0. The molecule has 2 unspecified atom stereocenters. The van der Waals surface area contributed by atoms with Crippen LogP contribution in [0.25, 0.3) is 5.57 Å². The molecule has 0 aromatic heterocycles. The first-order valence-electron chi connectivity index (χ1n) is 8.34. The van der Waals surface area contributed by atoms with E-state index in [2.05, 4.69) is 6.08 Å². The Hall–Kier alpha value is -2.04. The molecule has 130 valence electrons. The second kappa shape index (κ2) is 6.11. The summed E-state index contributed by atoms with van der Waals surface area (Å²) < 4.78 is 24.5. The largest absolute Gasteiger partial charge is 0.494 e. The van der Waals surface area contributed by atoms with E-state index in [0.717, 1.165) is 30.4 Å². The zero-order valence-corrected chi connectivity index (χ0v) is 14.6. The fourth-order valence-corrected chi connectivity index (χ4v) is 3.51. The van der Waals surface area contributed by atoms with Gasteiger partial charge in [-0.15, -0.1) is 0 Å². The van der Waals surface area contributed by atoms with Gasteiger partial charge in [0.05, 0.1) is 13.2 Å². The molecule has 1 fully saturated rings. The third-order valence-corrected chi connectivity index (χ3v) is 4.52. The lowest BCUT2D eigenvalue weighted by Gasteiger charge is -2.35. The Morgan fingerprint density at radius 2 is 2.04 bits per heavy atom. The first-order valence-corrected chi connectivity index (χ1v) is 8.34. The van der Waals surface area contributed by atoms with Gasteiger partial charge in [-0.05, 0) is 63.3 Å². The van der Waals surface area contributed by atoms with Crippen molar-refractivity contribution in [1.82, 2.24) is 4.90 Å². The predicted molar refractivity (Wildman–Crippen MR) is 90.4 cm³/mol. The number of halogens is 1. The molecule has 5 heteroatoms. The summed E-state index contributed by atoms with van der Waals surface area (Å²) in [6, 6.07) is 5.17. The highest BCUT2D eigenvalue weighted by Gasteiger charge is 2.41. The van der Waals surface area contributed by atoms with Gasteiger partial charge in [-0.3, -0.25) is 4.90 Å². The zero-order valence-electron chi connectivity index (χ0n) is 14.6. The molecule has 2 heterocycles. The Kier molecular flexibility index (Phi) is 4.28. The van der Waals surface area contributed by atoms with Crippen molar-refractivity contribution in [1.29, 1.82) is 0 Å². The molecular formula is C19H24FNO3. The number of ether oxygens (including phenoxy) is 2. The summed E-state index contributed by atoms with van der Waals surface area (Å²) in [7, 11) is 1.46. The summed E-state index contributed by atoms with van der Waals surface area (Å²) in [5.41, 5.74) is 1.44. The van der Waals surface area contributed by atoms with Gasteiger partial charge < -0.3 is 9.47 Å². The second-order valence-electron chi connectivity index (χ2n) is 7.43. The summed E-state index contributed by atoms with van der Waals surface area (Å²) in [4.78, 5) is 14.3. The zero-order chi connectivity index (χ0) is 17.5. The number of amides is 1. The van der Waals surface area contributed by atoms with Crippen LogP contribution in [0.4, 0.5) is 9.18 Å². The molecular weight excluding hydrogens is 309 g/mol. The average Bonchev–Trinajstić information content (AvgIpc) is 2.76. The minimum atomic E-state index is -0.500. The van der Waals surface area contributed by atoms with Crippen LogP contribution in [0.3, 0.4) is 0 Å². The molecule has 24 heavy (non-hydrogen) atoms. The molecule has 2 aliphatic rings. The predicted octanol–water partition coefficient (Wildman–Crippen LogP) is 4.39. The Balaban J connectivity index is 1.82. The fraction of sp³-hybridized carbons (Fsp3) is 0.526. The van der Waals surface area contributed by atoms with Crippen molar-refractivity contribution in [3.05, 3.63) is 35.7 Å². The van der Waals surface area contributed by atoms with Crippen LogP contribution in [0.5, 0.6) is 5.75 Å². The first-order chi connectivity index (χ1) is 11.3. The van der Waals surface area contributed by atoms with Crippen LogP contribution in [0.1, 0.15) is 45.6 Å². The van der Waals surface area contributed by atoms with Gasteiger partial charge in [0.15, 0.2) is 11.6 Å². The van der Waals surface area contributed by atoms with Crippen LogP contribution in [-0.4, -0.2) is 35.8 Å². The SMILES string of the molecule is COc1ccc(C2=CC3CCC(C2)N3C(=O)OC(C)(C)C)cc1F. The smallest absolute Gasteiger partial charge is 0.411 e. The first kappa shape index (κ1) is 16.8. The minimum Gasteiger partial charge on any atom is -0.494 e. The number of carbonyl (C=O) groups excluding carboxylic acids is 1.